The molecule has 2 aromatic carbocycles. The Morgan fingerprint density at radius 2 is 1.93 bits per heavy atom. The number of aliphatic hydroxyl groups is 1. The SMILES string of the molecule is Cc1cccc(C(O)CNc2ccnc(Nc3cccc(S(N)(=O)=O)c3)n2)c1. The van der Waals surface area contributed by atoms with Crippen LogP contribution in [0, 0.1) is 6.92 Å². The van der Waals surface area contributed by atoms with Crippen LogP contribution in [-0.4, -0.2) is 30.0 Å². The number of aryl methyl sites for hydroxylation is 1. The monoisotopic (exact) mass is 399 g/mol. The van der Waals surface area contributed by atoms with E-state index >= 15 is 0 Å². The zero-order valence-electron chi connectivity index (χ0n) is 15.2. The van der Waals surface area contributed by atoms with E-state index in [0.717, 1.165) is 11.1 Å². The van der Waals surface area contributed by atoms with Gasteiger partial charge in [-0.15, -0.1) is 0 Å². The van der Waals surface area contributed by atoms with Crippen LogP contribution in [-0.2, 0) is 10.0 Å². The summed E-state index contributed by atoms with van der Waals surface area (Å²) < 4.78 is 22.9. The fourth-order valence-electron chi connectivity index (χ4n) is 2.59. The summed E-state index contributed by atoms with van der Waals surface area (Å²) in [6.07, 6.45) is 0.873. The molecule has 0 spiro atoms. The second-order valence-corrected chi connectivity index (χ2v) is 7.84. The first kappa shape index (κ1) is 19.7. The Balaban J connectivity index is 1.67. The lowest BCUT2D eigenvalue weighted by Gasteiger charge is -2.14. The molecule has 0 amide bonds. The molecule has 0 fully saturated rings. The van der Waals surface area contributed by atoms with Gasteiger partial charge in [0.1, 0.15) is 5.82 Å². The summed E-state index contributed by atoms with van der Waals surface area (Å²) in [6, 6.07) is 15.4. The molecule has 9 heteroatoms. The van der Waals surface area contributed by atoms with Gasteiger partial charge >= 0.3 is 0 Å². The Bertz CT molecular complexity index is 1070. The number of nitrogens with one attached hydrogen (secondary N) is 2. The predicted octanol–water partition coefficient (Wildman–Crippen LogP) is 2.32. The molecule has 0 aliphatic rings. The number of hydrogen-bond acceptors (Lipinski definition) is 7. The van der Waals surface area contributed by atoms with Crippen molar-refractivity contribution in [1.29, 1.82) is 0 Å². The summed E-state index contributed by atoms with van der Waals surface area (Å²) in [4.78, 5) is 8.43. The minimum atomic E-state index is -3.79. The van der Waals surface area contributed by atoms with Crippen molar-refractivity contribution in [2.24, 2.45) is 5.14 Å². The minimum Gasteiger partial charge on any atom is -0.387 e. The number of hydrogen-bond donors (Lipinski definition) is 4. The largest absolute Gasteiger partial charge is 0.387 e. The zero-order chi connectivity index (χ0) is 20.1. The Morgan fingerprint density at radius 3 is 2.68 bits per heavy atom. The molecule has 5 N–H and O–H groups in total. The highest BCUT2D eigenvalue weighted by Gasteiger charge is 2.10. The van der Waals surface area contributed by atoms with Gasteiger partial charge in [-0.1, -0.05) is 35.9 Å². The Labute approximate surface area is 163 Å². The lowest BCUT2D eigenvalue weighted by Crippen LogP contribution is -2.14. The van der Waals surface area contributed by atoms with Gasteiger partial charge in [0, 0.05) is 18.4 Å². The van der Waals surface area contributed by atoms with Crippen molar-refractivity contribution in [2.75, 3.05) is 17.2 Å². The van der Waals surface area contributed by atoms with Crippen LogP contribution in [0.2, 0.25) is 0 Å². The maximum atomic E-state index is 11.5. The third-order valence-corrected chi connectivity index (χ3v) is 4.89. The van der Waals surface area contributed by atoms with E-state index in [4.69, 9.17) is 5.14 Å². The summed E-state index contributed by atoms with van der Waals surface area (Å²) in [5, 5.41) is 21.5. The molecule has 0 bridgehead atoms. The molecule has 1 aromatic heterocycles. The molecule has 1 unspecified atom stereocenters. The van der Waals surface area contributed by atoms with Gasteiger partial charge in [-0.05, 0) is 36.8 Å². The highest BCUT2D eigenvalue weighted by atomic mass is 32.2. The maximum Gasteiger partial charge on any atom is 0.238 e. The molecular formula is C19H21N5O3S. The van der Waals surface area contributed by atoms with Gasteiger partial charge in [0.2, 0.25) is 16.0 Å². The number of nitrogens with zero attached hydrogens (tertiary/aromatic N) is 2. The van der Waals surface area contributed by atoms with Gasteiger partial charge in [-0.3, -0.25) is 0 Å². The average Bonchev–Trinajstić information content (AvgIpc) is 2.66. The number of sulfonamides is 1. The molecule has 0 aliphatic heterocycles. The molecule has 3 aromatic rings. The van der Waals surface area contributed by atoms with Crippen molar-refractivity contribution in [3.63, 3.8) is 0 Å². The standard InChI is InChI=1S/C19H21N5O3S/c1-13-4-2-5-14(10-13)17(25)12-22-18-8-9-21-19(24-18)23-15-6-3-7-16(11-15)28(20,26)27/h2-11,17,25H,12H2,1H3,(H2,20,26,27)(H2,21,22,23,24). The fourth-order valence-corrected chi connectivity index (χ4v) is 3.15. The maximum absolute atomic E-state index is 11.5. The second-order valence-electron chi connectivity index (χ2n) is 6.27. The highest BCUT2D eigenvalue weighted by Crippen LogP contribution is 2.19. The molecule has 28 heavy (non-hydrogen) atoms. The van der Waals surface area contributed by atoms with E-state index in [1.54, 1.807) is 24.4 Å². The number of nitrogens with two attached hydrogens (primary N) is 1. The van der Waals surface area contributed by atoms with Crippen LogP contribution in [0.1, 0.15) is 17.2 Å². The van der Waals surface area contributed by atoms with Crippen molar-refractivity contribution in [3.8, 4) is 0 Å². The number of aliphatic hydroxyl groups excluding tert-OH is 1. The number of anilines is 3. The number of rotatable bonds is 7. The summed E-state index contributed by atoms with van der Waals surface area (Å²) in [6.45, 7) is 2.25. The predicted molar refractivity (Wildman–Crippen MR) is 108 cm³/mol. The number of benzene rings is 2. The summed E-state index contributed by atoms with van der Waals surface area (Å²) in [7, 11) is -3.79. The molecule has 3 rings (SSSR count). The molecule has 1 heterocycles. The van der Waals surface area contributed by atoms with E-state index in [2.05, 4.69) is 20.6 Å². The molecule has 146 valence electrons. The van der Waals surface area contributed by atoms with Crippen molar-refractivity contribution >= 4 is 27.5 Å². The van der Waals surface area contributed by atoms with Crippen LogP contribution in [0.15, 0.2) is 65.7 Å². The minimum absolute atomic E-state index is 0.00643. The quantitative estimate of drug-likeness (QED) is 0.479. The van der Waals surface area contributed by atoms with Crippen LogP contribution in [0.3, 0.4) is 0 Å². The molecule has 8 nitrogen and oxygen atoms in total. The summed E-state index contributed by atoms with van der Waals surface area (Å²) in [5.74, 6) is 0.799. The Kier molecular flexibility index (Phi) is 5.88. The number of aromatic nitrogens is 2. The first-order valence-corrected chi connectivity index (χ1v) is 10.1. The van der Waals surface area contributed by atoms with Crippen molar-refractivity contribution < 1.29 is 13.5 Å². The Hall–Kier alpha value is -3.01. The normalized spacial score (nSPS) is 12.4. The lowest BCUT2D eigenvalue weighted by molar-refractivity contribution is 0.191. The smallest absolute Gasteiger partial charge is 0.238 e. The summed E-state index contributed by atoms with van der Waals surface area (Å²) >= 11 is 0. The molecule has 0 aliphatic carbocycles. The molecule has 0 saturated carbocycles. The zero-order valence-corrected chi connectivity index (χ0v) is 16.0. The molecule has 0 radical (unpaired) electrons. The van der Waals surface area contributed by atoms with Gasteiger partial charge in [0.15, 0.2) is 0 Å². The van der Waals surface area contributed by atoms with E-state index in [0.29, 0.717) is 11.5 Å². The average molecular weight is 399 g/mol. The van der Waals surface area contributed by atoms with E-state index in [-0.39, 0.29) is 17.4 Å². The molecule has 0 saturated heterocycles. The van der Waals surface area contributed by atoms with Crippen LogP contribution in [0.4, 0.5) is 17.5 Å². The van der Waals surface area contributed by atoms with Crippen LogP contribution in [0.25, 0.3) is 0 Å². The molecular weight excluding hydrogens is 378 g/mol. The van der Waals surface area contributed by atoms with Crippen molar-refractivity contribution in [1.82, 2.24) is 9.97 Å². The van der Waals surface area contributed by atoms with Crippen LogP contribution in [0.5, 0.6) is 0 Å². The van der Waals surface area contributed by atoms with Gasteiger partial charge < -0.3 is 15.7 Å². The van der Waals surface area contributed by atoms with Crippen molar-refractivity contribution in [3.05, 3.63) is 71.9 Å². The van der Waals surface area contributed by atoms with Gasteiger partial charge in [0.05, 0.1) is 11.0 Å². The van der Waals surface area contributed by atoms with E-state index in [9.17, 15) is 13.5 Å². The van der Waals surface area contributed by atoms with E-state index in [1.807, 2.05) is 31.2 Å². The topological polar surface area (TPSA) is 130 Å². The third kappa shape index (κ3) is 5.26. The number of primary sulfonamides is 1. The van der Waals surface area contributed by atoms with Crippen LogP contribution < -0.4 is 15.8 Å². The molecule has 1 atom stereocenters. The first-order valence-electron chi connectivity index (χ1n) is 8.53. The fraction of sp³-hybridized carbons (Fsp3) is 0.158. The highest BCUT2D eigenvalue weighted by molar-refractivity contribution is 7.89. The lowest BCUT2D eigenvalue weighted by atomic mass is 10.1. The van der Waals surface area contributed by atoms with Crippen molar-refractivity contribution in [2.45, 2.75) is 17.9 Å². The van der Waals surface area contributed by atoms with E-state index < -0.39 is 16.1 Å². The second kappa shape index (κ2) is 8.34. The summed E-state index contributed by atoms with van der Waals surface area (Å²) in [5.41, 5.74) is 2.38. The van der Waals surface area contributed by atoms with Gasteiger partial charge in [-0.25, -0.2) is 18.5 Å². The Morgan fingerprint density at radius 1 is 1.14 bits per heavy atom. The first-order chi connectivity index (χ1) is 13.3. The third-order valence-electron chi connectivity index (χ3n) is 3.98. The van der Waals surface area contributed by atoms with E-state index in [1.165, 1.54) is 12.1 Å². The van der Waals surface area contributed by atoms with Crippen LogP contribution >= 0.6 is 0 Å². The van der Waals surface area contributed by atoms with Gasteiger partial charge in [0.25, 0.3) is 0 Å². The van der Waals surface area contributed by atoms with Gasteiger partial charge in [-0.2, -0.15) is 4.98 Å².